The minimum absolute atomic E-state index is 0. The van der Waals surface area contributed by atoms with E-state index in [0.717, 1.165) is 0 Å². The Morgan fingerprint density at radius 1 is 1.05 bits per heavy atom. The Morgan fingerprint density at radius 2 is 1.67 bits per heavy atom. The first-order valence-corrected chi connectivity index (χ1v) is 6.94. The summed E-state index contributed by atoms with van der Waals surface area (Å²) in [6, 6.07) is 15.1. The van der Waals surface area contributed by atoms with Crippen molar-refractivity contribution in [3.63, 3.8) is 0 Å². The Labute approximate surface area is 144 Å². The summed E-state index contributed by atoms with van der Waals surface area (Å²) in [6.45, 7) is 11.1. The maximum Gasteiger partial charge on any atom is 4.00 e. The van der Waals surface area contributed by atoms with Crippen molar-refractivity contribution >= 4 is 0 Å². The molecular formula is C20H32Fe. The van der Waals surface area contributed by atoms with Crippen LogP contribution in [0.1, 0.15) is 51.3 Å². The van der Waals surface area contributed by atoms with Gasteiger partial charge >= 0.3 is 17.1 Å². The van der Waals surface area contributed by atoms with E-state index in [-0.39, 0.29) is 31.9 Å². The summed E-state index contributed by atoms with van der Waals surface area (Å²) in [5.41, 5.74) is 4.77. The SMILES string of the molecule is CC(C)(C)c1ccc[cH-]1.CCc1ccc[c-]1CC.[CH3-].[CH3-].[Fe+4]. The fraction of sp³-hybridized carbons (Fsp3) is 0.400. The van der Waals surface area contributed by atoms with E-state index < -0.39 is 0 Å². The molecule has 0 unspecified atom stereocenters. The van der Waals surface area contributed by atoms with Crippen LogP contribution in [0.15, 0.2) is 42.5 Å². The van der Waals surface area contributed by atoms with Crippen molar-refractivity contribution in [1.29, 1.82) is 0 Å². The predicted molar refractivity (Wildman–Crippen MR) is 94.4 cm³/mol. The Hall–Kier alpha value is -0.781. The van der Waals surface area contributed by atoms with Gasteiger partial charge in [0.05, 0.1) is 0 Å². The molecule has 0 bridgehead atoms. The van der Waals surface area contributed by atoms with Gasteiger partial charge in [-0.1, -0.05) is 47.5 Å². The molecule has 120 valence electrons. The zero-order valence-corrected chi connectivity index (χ0v) is 15.9. The van der Waals surface area contributed by atoms with E-state index in [1.165, 1.54) is 29.5 Å². The third-order valence-electron chi connectivity index (χ3n) is 3.30. The molecule has 1 heteroatoms. The maximum atomic E-state index is 2.22. The van der Waals surface area contributed by atoms with Crippen molar-refractivity contribution in [2.24, 2.45) is 0 Å². The van der Waals surface area contributed by atoms with Crippen molar-refractivity contribution in [3.8, 4) is 0 Å². The summed E-state index contributed by atoms with van der Waals surface area (Å²) >= 11 is 0. The van der Waals surface area contributed by atoms with Crippen LogP contribution < -0.4 is 0 Å². The molecule has 0 aromatic heterocycles. The number of rotatable bonds is 2. The molecule has 0 fully saturated rings. The Bertz CT molecular complexity index is 408. The van der Waals surface area contributed by atoms with Gasteiger partial charge in [-0.3, -0.25) is 0 Å². The average molecular weight is 328 g/mol. The molecule has 21 heavy (non-hydrogen) atoms. The predicted octanol–water partition coefficient (Wildman–Crippen LogP) is 6.13. The molecule has 0 atom stereocenters. The minimum atomic E-state index is 0. The van der Waals surface area contributed by atoms with Crippen LogP contribution in [0.3, 0.4) is 0 Å². The van der Waals surface area contributed by atoms with Crippen LogP contribution in [0, 0.1) is 14.9 Å². The molecule has 0 nitrogen and oxygen atoms in total. The van der Waals surface area contributed by atoms with Gasteiger partial charge in [-0.05, 0) is 5.41 Å². The van der Waals surface area contributed by atoms with Crippen LogP contribution in [0.25, 0.3) is 0 Å². The fourth-order valence-corrected chi connectivity index (χ4v) is 2.06. The van der Waals surface area contributed by atoms with Crippen molar-refractivity contribution in [1.82, 2.24) is 0 Å². The second-order valence-corrected chi connectivity index (χ2v) is 5.71. The summed E-state index contributed by atoms with van der Waals surface area (Å²) in [7, 11) is 0. The molecule has 0 radical (unpaired) electrons. The van der Waals surface area contributed by atoms with Gasteiger partial charge in [-0.15, -0.1) is 0 Å². The molecule has 0 N–H and O–H groups in total. The molecule has 0 aliphatic heterocycles. The molecular weight excluding hydrogens is 296 g/mol. The van der Waals surface area contributed by atoms with Crippen LogP contribution in [0.2, 0.25) is 0 Å². The summed E-state index contributed by atoms with van der Waals surface area (Å²) in [4.78, 5) is 0. The van der Waals surface area contributed by atoms with Crippen molar-refractivity contribution in [3.05, 3.63) is 74.0 Å². The first-order valence-electron chi connectivity index (χ1n) is 6.94. The zero-order chi connectivity index (χ0) is 13.6. The van der Waals surface area contributed by atoms with Crippen molar-refractivity contribution < 1.29 is 17.1 Å². The van der Waals surface area contributed by atoms with Crippen LogP contribution in [-0.2, 0) is 35.3 Å². The Kier molecular flexibility index (Phi) is 14.2. The molecule has 0 saturated carbocycles. The molecule has 0 spiro atoms. The maximum absolute atomic E-state index is 2.22. The van der Waals surface area contributed by atoms with E-state index in [1.807, 2.05) is 0 Å². The molecule has 0 saturated heterocycles. The Morgan fingerprint density at radius 3 is 1.95 bits per heavy atom. The summed E-state index contributed by atoms with van der Waals surface area (Å²) in [5, 5.41) is 0. The van der Waals surface area contributed by atoms with Crippen LogP contribution >= 0.6 is 0 Å². The van der Waals surface area contributed by atoms with Crippen molar-refractivity contribution in [2.75, 3.05) is 0 Å². The molecule has 2 rings (SSSR count). The summed E-state index contributed by atoms with van der Waals surface area (Å²) in [5.74, 6) is 0. The quantitative estimate of drug-likeness (QED) is 0.459. The van der Waals surface area contributed by atoms with Gasteiger partial charge in [0.15, 0.2) is 0 Å². The van der Waals surface area contributed by atoms with Gasteiger partial charge in [-0.2, -0.15) is 34.9 Å². The van der Waals surface area contributed by atoms with E-state index in [9.17, 15) is 0 Å². The topological polar surface area (TPSA) is 0 Å². The van der Waals surface area contributed by atoms with E-state index in [0.29, 0.717) is 5.41 Å². The van der Waals surface area contributed by atoms with Crippen LogP contribution in [0.5, 0.6) is 0 Å². The van der Waals surface area contributed by atoms with Crippen LogP contribution in [-0.4, -0.2) is 0 Å². The summed E-state index contributed by atoms with van der Waals surface area (Å²) < 4.78 is 0. The summed E-state index contributed by atoms with van der Waals surface area (Å²) in [6.07, 6.45) is 2.35. The fourth-order valence-electron chi connectivity index (χ4n) is 2.06. The third-order valence-corrected chi connectivity index (χ3v) is 3.30. The normalized spacial score (nSPS) is 9.38. The van der Waals surface area contributed by atoms with Gasteiger partial charge in [0.2, 0.25) is 0 Å². The van der Waals surface area contributed by atoms with Gasteiger partial charge in [0, 0.05) is 0 Å². The van der Waals surface area contributed by atoms with E-state index in [4.69, 9.17) is 0 Å². The van der Waals surface area contributed by atoms with Gasteiger partial charge in [0.25, 0.3) is 0 Å². The molecule has 0 aliphatic rings. The second-order valence-electron chi connectivity index (χ2n) is 5.71. The zero-order valence-electron chi connectivity index (χ0n) is 14.8. The van der Waals surface area contributed by atoms with Crippen molar-refractivity contribution in [2.45, 2.75) is 52.9 Å². The smallest absolute Gasteiger partial charge is 0.358 e. The van der Waals surface area contributed by atoms with E-state index >= 15 is 0 Å². The molecule has 0 amide bonds. The number of hydrogen-bond donors (Lipinski definition) is 0. The molecule has 0 heterocycles. The number of hydrogen-bond acceptors (Lipinski definition) is 0. The third kappa shape index (κ3) is 8.29. The van der Waals surface area contributed by atoms with Gasteiger partial charge < -0.3 is 14.9 Å². The first-order chi connectivity index (χ1) is 8.49. The second kappa shape index (κ2) is 11.8. The van der Waals surface area contributed by atoms with Gasteiger partial charge in [0.1, 0.15) is 0 Å². The van der Waals surface area contributed by atoms with E-state index in [1.54, 1.807) is 0 Å². The largest absolute Gasteiger partial charge is 4.00 e. The monoisotopic (exact) mass is 328 g/mol. The Balaban J connectivity index is -0.000000270. The molecule has 0 aliphatic carbocycles. The van der Waals surface area contributed by atoms with Gasteiger partial charge in [-0.25, -0.2) is 24.3 Å². The minimum Gasteiger partial charge on any atom is -0.358 e. The molecule has 2 aromatic rings. The van der Waals surface area contributed by atoms with Crippen LogP contribution in [0.4, 0.5) is 0 Å². The average Bonchev–Trinajstić information content (AvgIpc) is 2.99. The molecule has 2 aromatic carbocycles. The van der Waals surface area contributed by atoms with E-state index in [2.05, 4.69) is 77.1 Å². The first kappa shape index (κ1) is 25.2. The standard InChI is InChI=1S/2C9H13.2CH3.Fe/c1-9(2,3)8-6-4-5-7-8;1-3-8-6-5-7-9(8)4-2;;;/h4-7H,1-3H3;5-7H,3-4H2,1-2H3;2*1H3;/q4*-1;+4. The number of aryl methyl sites for hydroxylation is 2.